The van der Waals surface area contributed by atoms with Gasteiger partial charge in [0, 0.05) is 18.9 Å². The lowest BCUT2D eigenvalue weighted by molar-refractivity contribution is -0.133. The molecule has 0 spiro atoms. The van der Waals surface area contributed by atoms with Crippen LogP contribution in [-0.2, 0) is 14.3 Å². The van der Waals surface area contributed by atoms with E-state index in [1.807, 2.05) is 0 Å². The number of rotatable bonds is 1. The van der Waals surface area contributed by atoms with E-state index in [4.69, 9.17) is 4.74 Å². The number of carbonyl (C=O) groups is 1. The van der Waals surface area contributed by atoms with Gasteiger partial charge in [0.25, 0.3) is 0 Å². The molecule has 0 bridgehead atoms. The zero-order chi connectivity index (χ0) is 8.81. The molecule has 1 unspecified atom stereocenters. The first-order chi connectivity index (χ1) is 5.83. The molecule has 3 heteroatoms. The smallest absolute Gasteiger partial charge is 0.384 e. The van der Waals surface area contributed by atoms with E-state index in [1.165, 1.54) is 7.11 Å². The van der Waals surface area contributed by atoms with E-state index < -0.39 is 5.97 Å². The van der Waals surface area contributed by atoms with Gasteiger partial charge in [-0.15, -0.1) is 0 Å². The third kappa shape index (κ3) is 2.93. The molecule has 0 aromatic rings. The molecule has 1 fully saturated rings. The Balaban J connectivity index is 2.21. The van der Waals surface area contributed by atoms with Gasteiger partial charge in [-0.2, -0.15) is 0 Å². The highest BCUT2D eigenvalue weighted by Crippen LogP contribution is 2.13. The Labute approximate surface area is 72.0 Å². The van der Waals surface area contributed by atoms with E-state index in [1.54, 1.807) is 0 Å². The van der Waals surface area contributed by atoms with Gasteiger partial charge in [-0.05, 0) is 12.8 Å². The predicted molar refractivity (Wildman–Crippen MR) is 43.4 cm³/mol. The summed E-state index contributed by atoms with van der Waals surface area (Å²) in [6.45, 7) is 0.824. The molecule has 1 atom stereocenters. The summed E-state index contributed by atoms with van der Waals surface area (Å²) in [4.78, 5) is 10.5. The van der Waals surface area contributed by atoms with Crippen molar-refractivity contribution in [3.63, 3.8) is 0 Å². The Kier molecular flexibility index (Phi) is 3.62. The number of carbonyl (C=O) groups excluding carboxylic acids is 1. The van der Waals surface area contributed by atoms with Crippen LogP contribution < -0.4 is 0 Å². The third-order valence-electron chi connectivity index (χ3n) is 1.73. The molecule has 1 saturated heterocycles. The Bertz CT molecular complexity index is 206. The van der Waals surface area contributed by atoms with Crippen molar-refractivity contribution >= 4 is 5.97 Å². The summed E-state index contributed by atoms with van der Waals surface area (Å²) in [7, 11) is 1.32. The maximum atomic E-state index is 10.5. The van der Waals surface area contributed by atoms with Crippen LogP contribution in [0.15, 0.2) is 0 Å². The minimum absolute atomic E-state index is 0.224. The number of hydrogen-bond donors (Lipinski definition) is 0. The second-order valence-electron chi connectivity index (χ2n) is 2.63. The average Bonchev–Trinajstić information content (AvgIpc) is 2.57. The van der Waals surface area contributed by atoms with Crippen molar-refractivity contribution in [1.29, 1.82) is 0 Å². The monoisotopic (exact) mass is 168 g/mol. The van der Waals surface area contributed by atoms with E-state index in [-0.39, 0.29) is 6.10 Å². The summed E-state index contributed by atoms with van der Waals surface area (Å²) in [5.74, 6) is 4.62. The first-order valence-electron chi connectivity index (χ1n) is 4.01. The molecule has 66 valence electrons. The summed E-state index contributed by atoms with van der Waals surface area (Å²) in [6, 6.07) is 0. The molecular weight excluding hydrogens is 156 g/mol. The average molecular weight is 168 g/mol. The molecule has 1 rings (SSSR count). The lowest BCUT2D eigenvalue weighted by atomic mass is 10.2. The summed E-state index contributed by atoms with van der Waals surface area (Å²) in [5.41, 5.74) is 0. The number of hydrogen-bond acceptors (Lipinski definition) is 3. The molecule has 12 heavy (non-hydrogen) atoms. The van der Waals surface area contributed by atoms with Gasteiger partial charge in [0.2, 0.25) is 0 Å². The molecule has 0 N–H and O–H groups in total. The fraction of sp³-hybridized carbons (Fsp3) is 0.667. The van der Waals surface area contributed by atoms with Crippen LogP contribution in [0, 0.1) is 11.8 Å². The SMILES string of the molecule is COC(=O)C#CCC1CCCO1. The highest BCUT2D eigenvalue weighted by atomic mass is 16.5. The molecule has 1 aliphatic rings. The van der Waals surface area contributed by atoms with Gasteiger partial charge < -0.3 is 9.47 Å². The first-order valence-corrected chi connectivity index (χ1v) is 4.01. The zero-order valence-corrected chi connectivity index (χ0v) is 7.13. The van der Waals surface area contributed by atoms with Crippen LogP contribution in [0.25, 0.3) is 0 Å². The normalized spacial score (nSPS) is 21.2. The molecule has 0 radical (unpaired) electrons. The van der Waals surface area contributed by atoms with Crippen molar-refractivity contribution in [2.24, 2.45) is 0 Å². The van der Waals surface area contributed by atoms with E-state index >= 15 is 0 Å². The molecule has 1 heterocycles. The minimum Gasteiger partial charge on any atom is -0.459 e. The van der Waals surface area contributed by atoms with Crippen molar-refractivity contribution in [1.82, 2.24) is 0 Å². The van der Waals surface area contributed by atoms with E-state index in [9.17, 15) is 4.79 Å². The van der Waals surface area contributed by atoms with Crippen LogP contribution in [0.4, 0.5) is 0 Å². The Morgan fingerprint density at radius 3 is 3.17 bits per heavy atom. The fourth-order valence-electron chi connectivity index (χ4n) is 1.09. The second-order valence-corrected chi connectivity index (χ2v) is 2.63. The van der Waals surface area contributed by atoms with Crippen LogP contribution in [0.2, 0.25) is 0 Å². The van der Waals surface area contributed by atoms with Crippen LogP contribution in [0.5, 0.6) is 0 Å². The zero-order valence-electron chi connectivity index (χ0n) is 7.13. The van der Waals surface area contributed by atoms with E-state index in [2.05, 4.69) is 16.6 Å². The maximum absolute atomic E-state index is 10.5. The Morgan fingerprint density at radius 1 is 1.75 bits per heavy atom. The van der Waals surface area contributed by atoms with Gasteiger partial charge in [-0.25, -0.2) is 4.79 Å². The van der Waals surface area contributed by atoms with Crippen molar-refractivity contribution in [3.05, 3.63) is 0 Å². The van der Waals surface area contributed by atoms with Gasteiger partial charge >= 0.3 is 5.97 Å². The van der Waals surface area contributed by atoms with Crippen LogP contribution >= 0.6 is 0 Å². The highest BCUT2D eigenvalue weighted by molar-refractivity contribution is 5.88. The summed E-state index contributed by atoms with van der Waals surface area (Å²) >= 11 is 0. The minimum atomic E-state index is -0.479. The number of ether oxygens (including phenoxy) is 2. The van der Waals surface area contributed by atoms with Crippen LogP contribution in [0.3, 0.4) is 0 Å². The fourth-order valence-corrected chi connectivity index (χ4v) is 1.09. The topological polar surface area (TPSA) is 35.5 Å². The predicted octanol–water partition coefficient (Wildman–Crippen LogP) is 0.732. The molecular formula is C9H12O3. The van der Waals surface area contributed by atoms with Gasteiger partial charge in [-0.1, -0.05) is 5.92 Å². The molecule has 1 aliphatic heterocycles. The molecule has 3 nitrogen and oxygen atoms in total. The third-order valence-corrected chi connectivity index (χ3v) is 1.73. The van der Waals surface area contributed by atoms with Gasteiger partial charge in [0.15, 0.2) is 0 Å². The summed E-state index contributed by atoms with van der Waals surface area (Å²) in [5, 5.41) is 0. The highest BCUT2D eigenvalue weighted by Gasteiger charge is 2.13. The molecule has 0 amide bonds. The van der Waals surface area contributed by atoms with Crippen molar-refractivity contribution < 1.29 is 14.3 Å². The van der Waals surface area contributed by atoms with Gasteiger partial charge in [0.1, 0.15) is 0 Å². The largest absolute Gasteiger partial charge is 0.459 e. The van der Waals surface area contributed by atoms with E-state index in [0.717, 1.165) is 19.4 Å². The number of methoxy groups -OCH3 is 1. The van der Waals surface area contributed by atoms with Gasteiger partial charge in [-0.3, -0.25) is 0 Å². The molecule has 0 aliphatic carbocycles. The second kappa shape index (κ2) is 4.78. The quantitative estimate of drug-likeness (QED) is 0.329. The Morgan fingerprint density at radius 2 is 2.58 bits per heavy atom. The standard InChI is InChI=1S/C9H12O3/c1-11-9(10)6-2-4-8-5-3-7-12-8/h8H,3-5,7H2,1H3. The first kappa shape index (κ1) is 9.08. The van der Waals surface area contributed by atoms with Crippen molar-refractivity contribution in [3.8, 4) is 11.8 Å². The summed E-state index contributed by atoms with van der Waals surface area (Å²) < 4.78 is 9.68. The number of esters is 1. The van der Waals surface area contributed by atoms with E-state index in [0.29, 0.717) is 6.42 Å². The Hall–Kier alpha value is -1.01. The lowest BCUT2D eigenvalue weighted by Gasteiger charge is -2.01. The molecule has 0 saturated carbocycles. The lowest BCUT2D eigenvalue weighted by Crippen LogP contribution is -2.03. The van der Waals surface area contributed by atoms with Gasteiger partial charge in [0.05, 0.1) is 13.2 Å². The molecule has 0 aromatic carbocycles. The van der Waals surface area contributed by atoms with Crippen molar-refractivity contribution in [2.75, 3.05) is 13.7 Å². The molecule has 0 aromatic heterocycles. The van der Waals surface area contributed by atoms with Crippen molar-refractivity contribution in [2.45, 2.75) is 25.4 Å². The van der Waals surface area contributed by atoms with Crippen LogP contribution in [0.1, 0.15) is 19.3 Å². The maximum Gasteiger partial charge on any atom is 0.384 e. The summed E-state index contributed by atoms with van der Waals surface area (Å²) in [6.07, 6.45) is 3.01. The van der Waals surface area contributed by atoms with Crippen LogP contribution in [-0.4, -0.2) is 25.8 Å².